The molecule has 1 amide bonds. The smallest absolute Gasteiger partial charge is 0.224 e. The molecule has 1 aromatic carbocycles. The first-order valence-electron chi connectivity index (χ1n) is 4.25. The summed E-state index contributed by atoms with van der Waals surface area (Å²) >= 11 is 3.44. The zero-order valence-corrected chi connectivity index (χ0v) is 8.94. The number of nitrogens with one attached hydrogen (secondary N) is 1. The normalized spacial score (nSPS) is 15.1. The van der Waals surface area contributed by atoms with Crippen LogP contribution in [0.2, 0.25) is 0 Å². The predicted octanol–water partition coefficient (Wildman–Crippen LogP) is 2.64. The summed E-state index contributed by atoms with van der Waals surface area (Å²) in [5.74, 6) is 0.114. The van der Waals surface area contributed by atoms with Gasteiger partial charge in [-0.2, -0.15) is 0 Å². The third-order valence-electron chi connectivity index (χ3n) is 2.28. The number of anilines is 1. The van der Waals surface area contributed by atoms with E-state index in [1.54, 1.807) is 0 Å². The van der Waals surface area contributed by atoms with Crippen molar-refractivity contribution in [3.8, 4) is 0 Å². The highest BCUT2D eigenvalue weighted by atomic mass is 79.9. The minimum atomic E-state index is 0.114. The largest absolute Gasteiger partial charge is 0.326 e. The minimum Gasteiger partial charge on any atom is -0.326 e. The van der Waals surface area contributed by atoms with E-state index in [9.17, 15) is 4.79 Å². The van der Waals surface area contributed by atoms with Crippen LogP contribution in [0.15, 0.2) is 16.6 Å². The second kappa shape index (κ2) is 3.14. The van der Waals surface area contributed by atoms with E-state index in [4.69, 9.17) is 0 Å². The number of fused-ring (bicyclic) bond motifs is 1. The maximum Gasteiger partial charge on any atom is 0.224 e. The standard InChI is InChI=1S/C10H10BrNO/c1-6-4-7-2-3-10(13)12-9(7)5-8(6)11/h4-5H,2-3H2,1H3,(H,12,13). The molecule has 0 bridgehead atoms. The molecule has 1 aromatic rings. The fourth-order valence-corrected chi connectivity index (χ4v) is 1.87. The number of carbonyl (C=O) groups excluding carboxylic acids is 1. The molecular weight excluding hydrogens is 230 g/mol. The second-order valence-electron chi connectivity index (χ2n) is 3.31. The molecule has 0 spiro atoms. The molecule has 1 aliphatic rings. The molecule has 0 aromatic heterocycles. The maximum atomic E-state index is 11.1. The van der Waals surface area contributed by atoms with Crippen LogP contribution in [-0.2, 0) is 11.2 Å². The highest BCUT2D eigenvalue weighted by Gasteiger charge is 2.15. The zero-order chi connectivity index (χ0) is 9.42. The Morgan fingerprint density at radius 3 is 2.92 bits per heavy atom. The Morgan fingerprint density at radius 1 is 1.38 bits per heavy atom. The van der Waals surface area contributed by atoms with E-state index < -0.39 is 0 Å². The van der Waals surface area contributed by atoms with Crippen molar-refractivity contribution in [1.82, 2.24) is 0 Å². The van der Waals surface area contributed by atoms with Gasteiger partial charge in [-0.3, -0.25) is 4.79 Å². The van der Waals surface area contributed by atoms with Crippen molar-refractivity contribution in [2.24, 2.45) is 0 Å². The van der Waals surface area contributed by atoms with Gasteiger partial charge < -0.3 is 5.32 Å². The molecule has 0 unspecified atom stereocenters. The van der Waals surface area contributed by atoms with Crippen molar-refractivity contribution in [1.29, 1.82) is 0 Å². The molecule has 3 heteroatoms. The van der Waals surface area contributed by atoms with Crippen LogP contribution in [0.3, 0.4) is 0 Å². The van der Waals surface area contributed by atoms with E-state index in [1.165, 1.54) is 11.1 Å². The van der Waals surface area contributed by atoms with E-state index in [-0.39, 0.29) is 5.91 Å². The number of carbonyl (C=O) groups is 1. The number of amides is 1. The average Bonchev–Trinajstić information content (AvgIpc) is 2.08. The maximum absolute atomic E-state index is 11.1. The van der Waals surface area contributed by atoms with Crippen LogP contribution >= 0.6 is 15.9 Å². The third kappa shape index (κ3) is 1.61. The quantitative estimate of drug-likeness (QED) is 0.742. The van der Waals surface area contributed by atoms with E-state index in [2.05, 4.69) is 34.2 Å². The van der Waals surface area contributed by atoms with E-state index >= 15 is 0 Å². The molecule has 2 nitrogen and oxygen atoms in total. The molecule has 1 N–H and O–H groups in total. The van der Waals surface area contributed by atoms with Crippen molar-refractivity contribution in [2.45, 2.75) is 19.8 Å². The lowest BCUT2D eigenvalue weighted by Crippen LogP contribution is -2.18. The van der Waals surface area contributed by atoms with Crippen LogP contribution < -0.4 is 5.32 Å². The molecule has 0 saturated heterocycles. The number of halogens is 1. The lowest BCUT2D eigenvalue weighted by Gasteiger charge is -2.17. The number of benzene rings is 1. The van der Waals surface area contributed by atoms with Gasteiger partial charge in [-0.1, -0.05) is 22.0 Å². The molecule has 68 valence electrons. The molecule has 0 fully saturated rings. The second-order valence-corrected chi connectivity index (χ2v) is 4.16. The van der Waals surface area contributed by atoms with Crippen molar-refractivity contribution in [3.05, 3.63) is 27.7 Å². The van der Waals surface area contributed by atoms with Crippen LogP contribution in [0.5, 0.6) is 0 Å². The first-order valence-corrected chi connectivity index (χ1v) is 5.05. The van der Waals surface area contributed by atoms with Crippen molar-refractivity contribution in [3.63, 3.8) is 0 Å². The fraction of sp³-hybridized carbons (Fsp3) is 0.300. The molecular formula is C10H10BrNO. The SMILES string of the molecule is Cc1cc2c(cc1Br)NC(=O)CC2. The van der Waals surface area contributed by atoms with Crippen molar-refractivity contribution < 1.29 is 4.79 Å². The van der Waals surface area contributed by atoms with Gasteiger partial charge >= 0.3 is 0 Å². The van der Waals surface area contributed by atoms with Gasteiger partial charge in [0, 0.05) is 16.6 Å². The summed E-state index contributed by atoms with van der Waals surface area (Å²) in [4.78, 5) is 11.1. The lowest BCUT2D eigenvalue weighted by molar-refractivity contribution is -0.116. The highest BCUT2D eigenvalue weighted by molar-refractivity contribution is 9.10. The van der Waals surface area contributed by atoms with E-state index in [0.717, 1.165) is 16.6 Å². The minimum absolute atomic E-state index is 0.114. The van der Waals surface area contributed by atoms with Crippen LogP contribution in [0.1, 0.15) is 17.5 Å². The van der Waals surface area contributed by atoms with E-state index in [1.807, 2.05) is 6.07 Å². The monoisotopic (exact) mass is 239 g/mol. The molecule has 1 aliphatic heterocycles. The predicted molar refractivity (Wildman–Crippen MR) is 55.8 cm³/mol. The summed E-state index contributed by atoms with van der Waals surface area (Å²) in [6, 6.07) is 4.10. The van der Waals surface area contributed by atoms with Gasteiger partial charge in [0.2, 0.25) is 5.91 Å². The molecule has 0 atom stereocenters. The number of aryl methyl sites for hydroxylation is 2. The van der Waals surface area contributed by atoms with Crippen LogP contribution in [0.4, 0.5) is 5.69 Å². The fourth-order valence-electron chi connectivity index (χ4n) is 1.53. The molecule has 0 radical (unpaired) electrons. The summed E-state index contributed by atoms with van der Waals surface area (Å²) < 4.78 is 1.05. The first-order chi connectivity index (χ1) is 6.16. The topological polar surface area (TPSA) is 29.1 Å². The molecule has 0 aliphatic carbocycles. The van der Waals surface area contributed by atoms with E-state index in [0.29, 0.717) is 6.42 Å². The zero-order valence-electron chi connectivity index (χ0n) is 7.36. The molecule has 2 rings (SSSR count). The Hall–Kier alpha value is -0.830. The Balaban J connectivity index is 2.49. The van der Waals surface area contributed by atoms with Gasteiger partial charge in [0.05, 0.1) is 0 Å². The van der Waals surface area contributed by atoms with Gasteiger partial charge in [-0.05, 0) is 30.5 Å². The van der Waals surface area contributed by atoms with Gasteiger partial charge in [0.15, 0.2) is 0 Å². The summed E-state index contributed by atoms with van der Waals surface area (Å²) in [6.45, 7) is 2.06. The first kappa shape index (κ1) is 8.75. The Morgan fingerprint density at radius 2 is 2.15 bits per heavy atom. The summed E-state index contributed by atoms with van der Waals surface area (Å²) in [5.41, 5.74) is 3.41. The van der Waals surface area contributed by atoms with Crippen LogP contribution in [-0.4, -0.2) is 5.91 Å². The number of hydrogen-bond donors (Lipinski definition) is 1. The van der Waals surface area contributed by atoms with Gasteiger partial charge in [0.1, 0.15) is 0 Å². The Kier molecular flexibility index (Phi) is 2.12. The van der Waals surface area contributed by atoms with Crippen LogP contribution in [0.25, 0.3) is 0 Å². The Labute approximate surface area is 85.5 Å². The lowest BCUT2D eigenvalue weighted by atomic mass is 10.0. The average molecular weight is 240 g/mol. The number of rotatable bonds is 0. The van der Waals surface area contributed by atoms with Gasteiger partial charge in [0.25, 0.3) is 0 Å². The summed E-state index contributed by atoms with van der Waals surface area (Å²) in [7, 11) is 0. The van der Waals surface area contributed by atoms with Gasteiger partial charge in [-0.25, -0.2) is 0 Å². The summed E-state index contributed by atoms with van der Waals surface area (Å²) in [6.07, 6.45) is 1.46. The molecule has 1 heterocycles. The molecule has 13 heavy (non-hydrogen) atoms. The molecule has 0 saturated carbocycles. The van der Waals surface area contributed by atoms with Gasteiger partial charge in [-0.15, -0.1) is 0 Å². The van der Waals surface area contributed by atoms with Crippen LogP contribution in [0, 0.1) is 6.92 Å². The third-order valence-corrected chi connectivity index (χ3v) is 3.13. The summed E-state index contributed by atoms with van der Waals surface area (Å²) in [5, 5.41) is 2.86. The number of hydrogen-bond acceptors (Lipinski definition) is 1. The van der Waals surface area contributed by atoms with Crippen molar-refractivity contribution >= 4 is 27.5 Å². The highest BCUT2D eigenvalue weighted by Crippen LogP contribution is 2.28. The van der Waals surface area contributed by atoms with Crippen molar-refractivity contribution in [2.75, 3.05) is 5.32 Å². The Bertz CT molecular complexity index is 373.